The van der Waals surface area contributed by atoms with Crippen LogP contribution in [-0.4, -0.2) is 10.2 Å². The van der Waals surface area contributed by atoms with Gasteiger partial charge in [-0.3, -0.25) is 0 Å². The lowest BCUT2D eigenvalue weighted by Crippen LogP contribution is -1.94. The number of rotatable bonds is 3. The van der Waals surface area contributed by atoms with E-state index >= 15 is 0 Å². The monoisotopic (exact) mass is 324 g/mol. The Morgan fingerprint density at radius 1 is 0.696 bits per heavy atom. The highest BCUT2D eigenvalue weighted by atomic mass is 28.1. The maximum atomic E-state index is 14.5. The van der Waals surface area contributed by atoms with E-state index in [1.165, 1.54) is 5.56 Å². The van der Waals surface area contributed by atoms with Crippen LogP contribution in [0.4, 0.5) is 8.78 Å². The fourth-order valence-corrected chi connectivity index (χ4v) is 3.12. The number of aryl methyl sites for hydroxylation is 1. The second-order valence-corrected chi connectivity index (χ2v) is 6.41. The predicted molar refractivity (Wildman–Crippen MR) is 95.6 cm³/mol. The molecule has 0 aliphatic rings. The molecule has 0 aromatic heterocycles. The van der Waals surface area contributed by atoms with E-state index in [1.54, 1.807) is 12.1 Å². The molecular formula is C20H18F2Si. The minimum atomic E-state index is -0.793. The van der Waals surface area contributed by atoms with Crippen molar-refractivity contribution in [2.45, 2.75) is 13.0 Å². The van der Waals surface area contributed by atoms with Gasteiger partial charge in [-0.05, 0) is 24.1 Å². The standard InChI is InChI=1S/C20H18F2Si/c1-13-2-6-15(7-3-13)17-10-11-18(20(22)19(17)21)16-8-4-14(12-23)5-9-16/h2-11H,12H2,1,23H3. The molecule has 3 rings (SSSR count). The minimum absolute atomic E-state index is 0.294. The van der Waals surface area contributed by atoms with Gasteiger partial charge < -0.3 is 0 Å². The molecule has 0 radical (unpaired) electrons. The van der Waals surface area contributed by atoms with Gasteiger partial charge in [-0.15, -0.1) is 0 Å². The van der Waals surface area contributed by atoms with Crippen molar-refractivity contribution in [3.63, 3.8) is 0 Å². The van der Waals surface area contributed by atoms with Crippen LogP contribution >= 0.6 is 0 Å². The molecule has 0 N–H and O–H groups in total. The van der Waals surface area contributed by atoms with Gasteiger partial charge in [0.2, 0.25) is 0 Å². The van der Waals surface area contributed by atoms with Crippen molar-refractivity contribution in [3.8, 4) is 22.3 Å². The smallest absolute Gasteiger partial charge is 0.167 e. The second kappa shape index (κ2) is 6.47. The Hall–Kier alpha value is -2.26. The van der Waals surface area contributed by atoms with Crippen LogP contribution in [0.5, 0.6) is 0 Å². The highest BCUT2D eigenvalue weighted by Crippen LogP contribution is 2.31. The first-order valence-electron chi connectivity index (χ1n) is 7.74. The van der Waals surface area contributed by atoms with Crippen LogP contribution in [0, 0.1) is 18.6 Å². The summed E-state index contributed by atoms with van der Waals surface area (Å²) in [4.78, 5) is 0. The summed E-state index contributed by atoms with van der Waals surface area (Å²) in [6.07, 6.45) is 0. The van der Waals surface area contributed by atoms with E-state index in [4.69, 9.17) is 0 Å². The Bertz CT molecular complexity index is 822. The molecular weight excluding hydrogens is 306 g/mol. The third-order valence-electron chi connectivity index (χ3n) is 4.12. The topological polar surface area (TPSA) is 0 Å². The highest BCUT2D eigenvalue weighted by molar-refractivity contribution is 6.08. The van der Waals surface area contributed by atoms with Crippen LogP contribution in [-0.2, 0) is 6.04 Å². The van der Waals surface area contributed by atoms with Crippen LogP contribution in [0.25, 0.3) is 22.3 Å². The predicted octanol–water partition coefficient (Wildman–Crippen LogP) is 4.47. The van der Waals surface area contributed by atoms with Gasteiger partial charge in [0, 0.05) is 21.4 Å². The third kappa shape index (κ3) is 3.10. The van der Waals surface area contributed by atoms with Crippen molar-refractivity contribution >= 4 is 10.2 Å². The average Bonchev–Trinajstić information content (AvgIpc) is 2.58. The number of benzene rings is 3. The van der Waals surface area contributed by atoms with Crippen molar-refractivity contribution in [1.82, 2.24) is 0 Å². The second-order valence-electron chi connectivity index (χ2n) is 5.71. The molecule has 0 unspecified atom stereocenters. The van der Waals surface area contributed by atoms with Gasteiger partial charge in [0.15, 0.2) is 11.6 Å². The van der Waals surface area contributed by atoms with Crippen LogP contribution in [0.1, 0.15) is 11.1 Å². The Morgan fingerprint density at radius 3 is 1.57 bits per heavy atom. The zero-order chi connectivity index (χ0) is 16.4. The van der Waals surface area contributed by atoms with E-state index in [0.29, 0.717) is 22.3 Å². The molecule has 3 heteroatoms. The summed E-state index contributed by atoms with van der Waals surface area (Å²) in [6, 6.07) is 19.5. The molecule has 0 fully saturated rings. The summed E-state index contributed by atoms with van der Waals surface area (Å²) >= 11 is 0. The van der Waals surface area contributed by atoms with Gasteiger partial charge in [-0.2, -0.15) is 0 Å². The number of hydrogen-bond acceptors (Lipinski definition) is 0. The lowest BCUT2D eigenvalue weighted by atomic mass is 9.98. The van der Waals surface area contributed by atoms with Gasteiger partial charge in [0.1, 0.15) is 0 Å². The summed E-state index contributed by atoms with van der Waals surface area (Å²) < 4.78 is 29.0. The van der Waals surface area contributed by atoms with Crippen LogP contribution in [0.2, 0.25) is 0 Å². The zero-order valence-corrected chi connectivity index (χ0v) is 15.2. The van der Waals surface area contributed by atoms with Crippen LogP contribution in [0.3, 0.4) is 0 Å². The molecule has 3 aromatic rings. The first-order chi connectivity index (χ1) is 11.1. The van der Waals surface area contributed by atoms with Gasteiger partial charge in [0.05, 0.1) is 0 Å². The van der Waals surface area contributed by atoms with E-state index in [1.807, 2.05) is 55.5 Å². The van der Waals surface area contributed by atoms with Crippen molar-refractivity contribution in [2.24, 2.45) is 0 Å². The SMILES string of the molecule is Cc1ccc(-c2ccc(-c3ccc(C[SiH3])cc3)c(F)c2F)cc1. The Morgan fingerprint density at radius 2 is 1.13 bits per heavy atom. The Balaban J connectivity index is 2.04. The summed E-state index contributed by atoms with van der Waals surface area (Å²) in [6.45, 7) is 1.96. The van der Waals surface area contributed by atoms with Crippen molar-refractivity contribution in [1.29, 1.82) is 0 Å². The first kappa shape index (κ1) is 15.6. The van der Waals surface area contributed by atoms with E-state index < -0.39 is 11.6 Å². The number of halogens is 2. The molecule has 0 heterocycles. The molecule has 0 nitrogen and oxygen atoms in total. The summed E-state index contributed by atoms with van der Waals surface area (Å²) in [5, 5.41) is 0. The quantitative estimate of drug-likeness (QED) is 0.624. The molecule has 0 aliphatic carbocycles. The zero-order valence-electron chi connectivity index (χ0n) is 13.2. The molecule has 0 bridgehead atoms. The van der Waals surface area contributed by atoms with E-state index in [-0.39, 0.29) is 0 Å². The van der Waals surface area contributed by atoms with Crippen molar-refractivity contribution < 1.29 is 8.78 Å². The maximum absolute atomic E-state index is 14.5. The molecule has 0 spiro atoms. The molecule has 116 valence electrons. The summed E-state index contributed by atoms with van der Waals surface area (Å²) in [5.41, 5.74) is 4.31. The maximum Gasteiger partial charge on any atom is 0.167 e. The summed E-state index contributed by atoms with van der Waals surface area (Å²) in [5.74, 6) is -1.58. The Kier molecular flexibility index (Phi) is 4.39. The highest BCUT2D eigenvalue weighted by Gasteiger charge is 2.15. The molecule has 3 aromatic carbocycles. The first-order valence-corrected chi connectivity index (χ1v) is 9.16. The number of hydrogen-bond donors (Lipinski definition) is 0. The average molecular weight is 324 g/mol. The normalized spacial score (nSPS) is 10.9. The largest absolute Gasteiger partial charge is 0.203 e. The summed E-state index contributed by atoms with van der Waals surface area (Å²) in [7, 11) is 1.09. The van der Waals surface area contributed by atoms with Gasteiger partial charge in [-0.1, -0.05) is 71.8 Å². The minimum Gasteiger partial charge on any atom is -0.203 e. The molecule has 0 saturated carbocycles. The van der Waals surface area contributed by atoms with Gasteiger partial charge >= 0.3 is 0 Å². The molecule has 23 heavy (non-hydrogen) atoms. The molecule has 0 saturated heterocycles. The van der Waals surface area contributed by atoms with Gasteiger partial charge in [-0.25, -0.2) is 8.78 Å². The fourth-order valence-electron chi connectivity index (χ4n) is 2.65. The van der Waals surface area contributed by atoms with E-state index in [2.05, 4.69) is 0 Å². The fraction of sp³-hybridized carbons (Fsp3) is 0.100. The molecule has 0 atom stereocenters. The van der Waals surface area contributed by atoms with E-state index in [9.17, 15) is 8.78 Å². The van der Waals surface area contributed by atoms with Crippen LogP contribution < -0.4 is 0 Å². The Labute approximate surface area is 138 Å². The van der Waals surface area contributed by atoms with Crippen LogP contribution in [0.15, 0.2) is 60.7 Å². The van der Waals surface area contributed by atoms with Gasteiger partial charge in [0.25, 0.3) is 0 Å². The van der Waals surface area contributed by atoms with E-state index in [0.717, 1.165) is 21.9 Å². The molecule has 0 amide bonds. The lowest BCUT2D eigenvalue weighted by Gasteiger charge is -2.10. The third-order valence-corrected chi connectivity index (χ3v) is 4.93. The molecule has 0 aliphatic heterocycles. The van der Waals surface area contributed by atoms with Crippen molar-refractivity contribution in [2.75, 3.05) is 0 Å². The van der Waals surface area contributed by atoms with Crippen molar-refractivity contribution in [3.05, 3.63) is 83.4 Å². The lowest BCUT2D eigenvalue weighted by molar-refractivity contribution is 0.514.